The molecule has 1 atom stereocenters. The number of benzene rings is 1. The zero-order valence-corrected chi connectivity index (χ0v) is 13.4. The van der Waals surface area contributed by atoms with Gasteiger partial charge < -0.3 is 25.4 Å². The molecule has 6 nitrogen and oxygen atoms in total. The van der Waals surface area contributed by atoms with Crippen molar-refractivity contribution < 1.29 is 14.6 Å². The Kier molecular flexibility index (Phi) is 6.15. The molecule has 122 valence electrons. The summed E-state index contributed by atoms with van der Waals surface area (Å²) in [6.07, 6.45) is 1.42. The Bertz CT molecular complexity index is 513. The third-order valence-electron chi connectivity index (χ3n) is 3.63. The number of rotatable bonds is 6. The first kappa shape index (κ1) is 16.7. The fourth-order valence-corrected chi connectivity index (χ4v) is 2.69. The summed E-state index contributed by atoms with van der Waals surface area (Å²) >= 11 is 6.06. The standard InChI is InChI=1S/C15H22ClN3O3/c1-22-14-4-3-11(16)9-13(14)19-7-5-12(10-19)18-15(21)17-6-2-8-20/h3-4,9,12,20H,2,5-8,10H2,1H3,(H2,17,18,21). The highest BCUT2D eigenvalue weighted by molar-refractivity contribution is 6.30. The number of aliphatic hydroxyl groups is 1. The second-order valence-corrected chi connectivity index (χ2v) is 5.66. The molecule has 1 unspecified atom stereocenters. The number of nitrogens with one attached hydrogen (secondary N) is 2. The van der Waals surface area contributed by atoms with E-state index in [4.69, 9.17) is 21.4 Å². The number of amides is 2. The highest BCUT2D eigenvalue weighted by atomic mass is 35.5. The van der Waals surface area contributed by atoms with E-state index in [1.165, 1.54) is 0 Å². The van der Waals surface area contributed by atoms with Crippen LogP contribution in [0.15, 0.2) is 18.2 Å². The fraction of sp³-hybridized carbons (Fsp3) is 0.533. The minimum atomic E-state index is -0.196. The Hall–Kier alpha value is -1.66. The Morgan fingerprint density at radius 2 is 2.36 bits per heavy atom. The maximum atomic E-state index is 11.7. The number of halogens is 1. The summed E-state index contributed by atoms with van der Waals surface area (Å²) in [5, 5.41) is 15.0. The molecule has 0 bridgehead atoms. The average Bonchev–Trinajstić information content (AvgIpc) is 2.95. The van der Waals surface area contributed by atoms with Gasteiger partial charge in [-0.25, -0.2) is 4.79 Å². The monoisotopic (exact) mass is 327 g/mol. The third kappa shape index (κ3) is 4.42. The van der Waals surface area contributed by atoms with Gasteiger partial charge in [0.05, 0.1) is 12.8 Å². The van der Waals surface area contributed by atoms with Crippen molar-refractivity contribution in [1.29, 1.82) is 0 Å². The SMILES string of the molecule is COc1ccc(Cl)cc1N1CCC(NC(=O)NCCCO)C1. The summed E-state index contributed by atoms with van der Waals surface area (Å²) in [6.45, 7) is 2.09. The lowest BCUT2D eigenvalue weighted by Gasteiger charge is -2.21. The minimum Gasteiger partial charge on any atom is -0.495 e. The molecule has 0 radical (unpaired) electrons. The summed E-state index contributed by atoms with van der Waals surface area (Å²) in [7, 11) is 1.63. The van der Waals surface area contributed by atoms with Gasteiger partial charge in [-0.05, 0) is 31.0 Å². The predicted molar refractivity (Wildman–Crippen MR) is 86.9 cm³/mol. The first-order valence-corrected chi connectivity index (χ1v) is 7.75. The van der Waals surface area contributed by atoms with Crippen LogP contribution in [0.1, 0.15) is 12.8 Å². The molecule has 2 rings (SSSR count). The zero-order chi connectivity index (χ0) is 15.9. The van der Waals surface area contributed by atoms with E-state index in [0.717, 1.165) is 24.4 Å². The van der Waals surface area contributed by atoms with Gasteiger partial charge in [0, 0.05) is 37.3 Å². The van der Waals surface area contributed by atoms with Crippen LogP contribution in [0, 0.1) is 0 Å². The van der Waals surface area contributed by atoms with Crippen LogP contribution in [0.3, 0.4) is 0 Å². The molecule has 1 fully saturated rings. The van der Waals surface area contributed by atoms with Crippen molar-refractivity contribution in [3.63, 3.8) is 0 Å². The van der Waals surface area contributed by atoms with E-state index < -0.39 is 0 Å². The van der Waals surface area contributed by atoms with Crippen LogP contribution in [-0.2, 0) is 0 Å². The maximum absolute atomic E-state index is 11.7. The molecular formula is C15H22ClN3O3. The molecule has 3 N–H and O–H groups in total. The molecule has 22 heavy (non-hydrogen) atoms. The summed E-state index contributed by atoms with van der Waals surface area (Å²) in [5.41, 5.74) is 0.944. The Labute approximate surface area is 135 Å². The summed E-state index contributed by atoms with van der Waals surface area (Å²) < 4.78 is 5.37. The number of carbonyl (C=O) groups is 1. The zero-order valence-electron chi connectivity index (χ0n) is 12.6. The molecule has 0 spiro atoms. The predicted octanol–water partition coefficient (Wildman–Crippen LogP) is 1.61. The molecule has 0 aliphatic carbocycles. The topological polar surface area (TPSA) is 73.8 Å². The van der Waals surface area contributed by atoms with E-state index in [9.17, 15) is 4.79 Å². The smallest absolute Gasteiger partial charge is 0.315 e. The van der Waals surface area contributed by atoms with Gasteiger partial charge in [0.25, 0.3) is 0 Å². The van der Waals surface area contributed by atoms with E-state index in [0.29, 0.717) is 24.5 Å². The molecule has 7 heteroatoms. The molecule has 1 aromatic rings. The first-order valence-electron chi connectivity index (χ1n) is 7.37. The van der Waals surface area contributed by atoms with Crippen molar-refractivity contribution in [2.24, 2.45) is 0 Å². The molecule has 2 amide bonds. The second-order valence-electron chi connectivity index (χ2n) is 5.23. The van der Waals surface area contributed by atoms with Gasteiger partial charge in [-0.15, -0.1) is 0 Å². The van der Waals surface area contributed by atoms with E-state index in [1.807, 2.05) is 12.1 Å². The number of nitrogens with zero attached hydrogens (tertiary/aromatic N) is 1. The number of hydrogen-bond acceptors (Lipinski definition) is 4. The maximum Gasteiger partial charge on any atom is 0.315 e. The molecule has 1 heterocycles. The molecule has 1 aliphatic heterocycles. The van der Waals surface area contributed by atoms with Gasteiger partial charge in [-0.3, -0.25) is 0 Å². The highest BCUT2D eigenvalue weighted by Crippen LogP contribution is 2.33. The van der Waals surface area contributed by atoms with Crippen molar-refractivity contribution in [3.05, 3.63) is 23.2 Å². The van der Waals surface area contributed by atoms with Crippen LogP contribution in [0.5, 0.6) is 5.75 Å². The van der Waals surface area contributed by atoms with Crippen LogP contribution in [-0.4, -0.2) is 50.5 Å². The van der Waals surface area contributed by atoms with Gasteiger partial charge in [-0.1, -0.05) is 11.6 Å². The van der Waals surface area contributed by atoms with E-state index in [2.05, 4.69) is 15.5 Å². The fourth-order valence-electron chi connectivity index (χ4n) is 2.52. The van der Waals surface area contributed by atoms with Gasteiger partial charge >= 0.3 is 6.03 Å². The highest BCUT2D eigenvalue weighted by Gasteiger charge is 2.26. The Morgan fingerprint density at radius 3 is 3.09 bits per heavy atom. The van der Waals surface area contributed by atoms with E-state index in [-0.39, 0.29) is 18.7 Å². The molecular weight excluding hydrogens is 306 g/mol. The quantitative estimate of drug-likeness (QED) is 0.694. The van der Waals surface area contributed by atoms with Gasteiger partial charge in [0.15, 0.2) is 0 Å². The Morgan fingerprint density at radius 1 is 1.55 bits per heavy atom. The van der Waals surface area contributed by atoms with Crippen molar-refractivity contribution >= 4 is 23.3 Å². The largest absolute Gasteiger partial charge is 0.495 e. The summed E-state index contributed by atoms with van der Waals surface area (Å²) in [4.78, 5) is 13.9. The van der Waals surface area contributed by atoms with Crippen LogP contribution in [0.2, 0.25) is 5.02 Å². The summed E-state index contributed by atoms with van der Waals surface area (Å²) in [6, 6.07) is 5.41. The lowest BCUT2D eigenvalue weighted by Crippen LogP contribution is -2.43. The van der Waals surface area contributed by atoms with Crippen LogP contribution in [0.4, 0.5) is 10.5 Å². The second kappa shape index (κ2) is 8.10. The summed E-state index contributed by atoms with van der Waals surface area (Å²) in [5.74, 6) is 0.775. The number of methoxy groups -OCH3 is 1. The van der Waals surface area contributed by atoms with Gasteiger partial charge in [-0.2, -0.15) is 0 Å². The number of carbonyl (C=O) groups excluding carboxylic acids is 1. The number of anilines is 1. The number of hydrogen-bond donors (Lipinski definition) is 3. The van der Waals surface area contributed by atoms with Crippen molar-refractivity contribution in [2.45, 2.75) is 18.9 Å². The lowest BCUT2D eigenvalue weighted by molar-refractivity contribution is 0.235. The van der Waals surface area contributed by atoms with Crippen LogP contribution in [0.25, 0.3) is 0 Å². The molecule has 1 saturated heterocycles. The number of aliphatic hydroxyl groups excluding tert-OH is 1. The molecule has 0 aromatic heterocycles. The normalized spacial score (nSPS) is 17.4. The van der Waals surface area contributed by atoms with Crippen molar-refractivity contribution in [1.82, 2.24) is 10.6 Å². The van der Waals surface area contributed by atoms with Crippen molar-refractivity contribution in [3.8, 4) is 5.75 Å². The molecule has 0 saturated carbocycles. The van der Waals surface area contributed by atoms with Gasteiger partial charge in [0.2, 0.25) is 0 Å². The van der Waals surface area contributed by atoms with Crippen LogP contribution < -0.4 is 20.3 Å². The average molecular weight is 328 g/mol. The van der Waals surface area contributed by atoms with E-state index in [1.54, 1.807) is 13.2 Å². The number of ether oxygens (including phenoxy) is 1. The third-order valence-corrected chi connectivity index (χ3v) is 3.86. The lowest BCUT2D eigenvalue weighted by atomic mass is 10.2. The van der Waals surface area contributed by atoms with Gasteiger partial charge in [0.1, 0.15) is 5.75 Å². The molecule has 1 aromatic carbocycles. The molecule has 1 aliphatic rings. The Balaban J connectivity index is 1.90. The van der Waals surface area contributed by atoms with E-state index >= 15 is 0 Å². The van der Waals surface area contributed by atoms with Crippen LogP contribution >= 0.6 is 11.6 Å². The first-order chi connectivity index (χ1) is 10.6. The van der Waals surface area contributed by atoms with Crippen molar-refractivity contribution in [2.75, 3.05) is 38.3 Å². The minimum absolute atomic E-state index is 0.0754. The number of urea groups is 1.